The zero-order valence-electron chi connectivity index (χ0n) is 8.12. The maximum absolute atomic E-state index is 8.68. The van der Waals surface area contributed by atoms with Crippen molar-refractivity contribution in [2.24, 2.45) is 5.73 Å². The zero-order chi connectivity index (χ0) is 10.6. The first-order valence-electron chi connectivity index (χ1n) is 4.46. The highest BCUT2D eigenvalue weighted by molar-refractivity contribution is 9.10. The van der Waals surface area contributed by atoms with Gasteiger partial charge in [0.25, 0.3) is 0 Å². The highest BCUT2D eigenvalue weighted by Crippen LogP contribution is 2.27. The van der Waals surface area contributed by atoms with Crippen molar-refractivity contribution in [3.8, 4) is 0 Å². The first kappa shape index (κ1) is 15.2. The number of benzene rings is 1. The molecule has 0 aromatic heterocycles. The normalized spacial score (nSPS) is 12.0. The Morgan fingerprint density at radius 2 is 2.13 bits per heavy atom. The molecular weight excluding hydrogens is 301 g/mol. The highest BCUT2D eigenvalue weighted by Gasteiger charge is 2.09. The minimum atomic E-state index is -0.0947. The molecule has 0 aliphatic heterocycles. The smallest absolute Gasteiger partial charge is 0.0464 e. The molecule has 1 atom stereocenters. The summed E-state index contributed by atoms with van der Waals surface area (Å²) in [6.07, 6.45) is 1.45. The van der Waals surface area contributed by atoms with Gasteiger partial charge in [-0.3, -0.25) is 0 Å². The molecule has 0 amide bonds. The molecule has 0 bridgehead atoms. The largest absolute Gasteiger partial charge is 0.396 e. The minimum Gasteiger partial charge on any atom is -0.396 e. The lowest BCUT2D eigenvalue weighted by Gasteiger charge is -2.13. The van der Waals surface area contributed by atoms with Crippen LogP contribution in [-0.2, 0) is 0 Å². The maximum atomic E-state index is 8.68. The summed E-state index contributed by atoms with van der Waals surface area (Å²) in [7, 11) is 0. The Kier molecular flexibility index (Phi) is 7.57. The highest BCUT2D eigenvalue weighted by atomic mass is 79.9. The summed E-state index contributed by atoms with van der Waals surface area (Å²) in [6.45, 7) is 0.168. The minimum absolute atomic E-state index is 0. The predicted molar refractivity (Wildman–Crippen MR) is 69.6 cm³/mol. The molecule has 0 aliphatic rings. The van der Waals surface area contributed by atoms with Crippen LogP contribution >= 0.6 is 39.9 Å². The van der Waals surface area contributed by atoms with Crippen LogP contribution in [0.15, 0.2) is 22.7 Å². The number of aliphatic hydroxyl groups is 1. The van der Waals surface area contributed by atoms with Gasteiger partial charge in [-0.15, -0.1) is 12.4 Å². The molecule has 0 radical (unpaired) electrons. The van der Waals surface area contributed by atoms with Crippen LogP contribution < -0.4 is 5.73 Å². The summed E-state index contributed by atoms with van der Waals surface area (Å²) in [5, 5.41) is 9.35. The van der Waals surface area contributed by atoms with Crippen LogP contribution in [0.4, 0.5) is 0 Å². The molecule has 2 nitrogen and oxygen atoms in total. The van der Waals surface area contributed by atoms with Gasteiger partial charge in [-0.2, -0.15) is 0 Å². The Balaban J connectivity index is 0.00000196. The summed E-state index contributed by atoms with van der Waals surface area (Å²) in [5.41, 5.74) is 6.85. The lowest BCUT2D eigenvalue weighted by atomic mass is 10.0. The van der Waals surface area contributed by atoms with Gasteiger partial charge >= 0.3 is 0 Å². The van der Waals surface area contributed by atoms with E-state index < -0.39 is 0 Å². The van der Waals surface area contributed by atoms with Gasteiger partial charge in [0, 0.05) is 22.1 Å². The Hall–Kier alpha value is 0.200. The van der Waals surface area contributed by atoms with Gasteiger partial charge in [0.15, 0.2) is 0 Å². The van der Waals surface area contributed by atoms with E-state index in [1.54, 1.807) is 0 Å². The van der Waals surface area contributed by atoms with E-state index >= 15 is 0 Å². The molecule has 1 aromatic carbocycles. The van der Waals surface area contributed by atoms with E-state index in [1.807, 2.05) is 18.2 Å². The monoisotopic (exact) mass is 313 g/mol. The number of rotatable bonds is 4. The average Bonchev–Trinajstić information content (AvgIpc) is 2.14. The number of halogens is 3. The second-order valence-electron chi connectivity index (χ2n) is 3.14. The van der Waals surface area contributed by atoms with Gasteiger partial charge in [0.05, 0.1) is 0 Å². The third-order valence-electron chi connectivity index (χ3n) is 2.04. The fourth-order valence-corrected chi connectivity index (χ4v) is 2.08. The zero-order valence-corrected chi connectivity index (χ0v) is 11.3. The molecule has 0 heterocycles. The SMILES string of the molecule is Cl.N[C@H](CCCO)c1ccc(Br)cc1Cl. The van der Waals surface area contributed by atoms with E-state index in [1.165, 1.54) is 0 Å². The van der Waals surface area contributed by atoms with Crippen LogP contribution in [0.3, 0.4) is 0 Å². The number of hydrogen-bond donors (Lipinski definition) is 2. The van der Waals surface area contributed by atoms with E-state index in [9.17, 15) is 0 Å². The molecule has 0 saturated carbocycles. The van der Waals surface area contributed by atoms with Crippen molar-refractivity contribution in [3.05, 3.63) is 33.3 Å². The lowest BCUT2D eigenvalue weighted by Crippen LogP contribution is -2.11. The van der Waals surface area contributed by atoms with E-state index in [-0.39, 0.29) is 25.1 Å². The topological polar surface area (TPSA) is 46.2 Å². The first-order chi connectivity index (χ1) is 6.65. The van der Waals surface area contributed by atoms with Gasteiger partial charge < -0.3 is 10.8 Å². The summed E-state index contributed by atoms with van der Waals surface area (Å²) in [6, 6.07) is 5.56. The van der Waals surface area contributed by atoms with Crippen molar-refractivity contribution >= 4 is 39.9 Å². The van der Waals surface area contributed by atoms with Crippen LogP contribution in [0.5, 0.6) is 0 Å². The molecule has 1 aromatic rings. The molecule has 3 N–H and O–H groups in total. The van der Waals surface area contributed by atoms with Crippen molar-refractivity contribution in [2.45, 2.75) is 18.9 Å². The third-order valence-corrected chi connectivity index (χ3v) is 2.86. The molecule has 0 fully saturated rings. The molecule has 15 heavy (non-hydrogen) atoms. The summed E-state index contributed by atoms with van der Waals surface area (Å²) in [5.74, 6) is 0. The standard InChI is InChI=1S/C10H13BrClNO.ClH/c11-7-3-4-8(9(12)6-7)10(13)2-1-5-14;/h3-4,6,10,14H,1-2,5,13H2;1H/t10-;/m1./s1. The quantitative estimate of drug-likeness (QED) is 0.895. The summed E-state index contributed by atoms with van der Waals surface area (Å²) < 4.78 is 0.945. The van der Waals surface area contributed by atoms with E-state index in [0.717, 1.165) is 16.5 Å². The molecule has 0 saturated heterocycles. The van der Waals surface area contributed by atoms with Gasteiger partial charge in [-0.25, -0.2) is 0 Å². The van der Waals surface area contributed by atoms with Crippen molar-refractivity contribution in [3.63, 3.8) is 0 Å². The van der Waals surface area contributed by atoms with Crippen molar-refractivity contribution < 1.29 is 5.11 Å². The van der Waals surface area contributed by atoms with Crippen LogP contribution in [0.25, 0.3) is 0 Å². The Labute approximate surface area is 109 Å². The predicted octanol–water partition coefficient (Wildman–Crippen LogP) is 3.30. The van der Waals surface area contributed by atoms with E-state index in [0.29, 0.717) is 11.4 Å². The average molecular weight is 315 g/mol. The van der Waals surface area contributed by atoms with Gasteiger partial charge in [0.2, 0.25) is 0 Å². The van der Waals surface area contributed by atoms with Crippen molar-refractivity contribution in [1.29, 1.82) is 0 Å². The van der Waals surface area contributed by atoms with E-state index in [2.05, 4.69) is 15.9 Å². The Morgan fingerprint density at radius 1 is 1.47 bits per heavy atom. The Morgan fingerprint density at radius 3 is 2.67 bits per heavy atom. The second kappa shape index (κ2) is 7.47. The molecule has 0 aliphatic carbocycles. The van der Waals surface area contributed by atoms with E-state index in [4.69, 9.17) is 22.4 Å². The molecule has 0 spiro atoms. The van der Waals surface area contributed by atoms with Crippen molar-refractivity contribution in [2.75, 3.05) is 6.61 Å². The maximum Gasteiger partial charge on any atom is 0.0464 e. The van der Waals surface area contributed by atoms with Crippen LogP contribution in [0, 0.1) is 0 Å². The lowest BCUT2D eigenvalue weighted by molar-refractivity contribution is 0.280. The van der Waals surface area contributed by atoms with Crippen molar-refractivity contribution in [1.82, 2.24) is 0 Å². The number of hydrogen-bond acceptors (Lipinski definition) is 2. The van der Waals surface area contributed by atoms with Crippen LogP contribution in [-0.4, -0.2) is 11.7 Å². The van der Waals surface area contributed by atoms with Crippen LogP contribution in [0.2, 0.25) is 5.02 Å². The molecule has 86 valence electrons. The number of aliphatic hydroxyl groups excluding tert-OH is 1. The first-order valence-corrected chi connectivity index (χ1v) is 5.63. The van der Waals surface area contributed by atoms with Gasteiger partial charge in [0.1, 0.15) is 0 Å². The summed E-state index contributed by atoms with van der Waals surface area (Å²) >= 11 is 9.36. The molecular formula is C10H14BrCl2NO. The fourth-order valence-electron chi connectivity index (χ4n) is 1.27. The fraction of sp³-hybridized carbons (Fsp3) is 0.400. The molecule has 1 rings (SSSR count). The molecule has 0 unspecified atom stereocenters. The Bertz CT molecular complexity index is 309. The summed E-state index contributed by atoms with van der Waals surface area (Å²) in [4.78, 5) is 0. The van der Waals surface area contributed by atoms with Crippen LogP contribution in [0.1, 0.15) is 24.4 Å². The third kappa shape index (κ3) is 4.70. The molecule has 5 heteroatoms. The van der Waals surface area contributed by atoms with Gasteiger partial charge in [-0.1, -0.05) is 33.6 Å². The second-order valence-corrected chi connectivity index (χ2v) is 4.46. The van der Waals surface area contributed by atoms with Gasteiger partial charge in [-0.05, 0) is 30.5 Å². The number of nitrogens with two attached hydrogens (primary N) is 1.